The summed E-state index contributed by atoms with van der Waals surface area (Å²) in [5.74, 6) is -0.772. The number of ether oxygens (including phenoxy) is 1. The predicted molar refractivity (Wildman–Crippen MR) is 86.1 cm³/mol. The van der Waals surface area contributed by atoms with Crippen molar-refractivity contribution in [1.29, 1.82) is 0 Å². The molecule has 1 aromatic carbocycles. The van der Waals surface area contributed by atoms with Crippen LogP contribution in [-0.2, 0) is 11.5 Å². The number of thioether (sulfide) groups is 1. The minimum Gasteiger partial charge on any atom is -0.440 e. The van der Waals surface area contributed by atoms with E-state index in [0.717, 1.165) is 6.07 Å². The third-order valence-electron chi connectivity index (χ3n) is 3.22. The van der Waals surface area contributed by atoms with Gasteiger partial charge in [0.1, 0.15) is 5.69 Å². The highest BCUT2D eigenvalue weighted by atomic mass is 32.2. The Morgan fingerprint density at radius 2 is 2.08 bits per heavy atom. The first-order chi connectivity index (χ1) is 11.3. The molecular formula is C14H14N4O5S. The van der Waals surface area contributed by atoms with E-state index in [0.29, 0.717) is 10.7 Å². The Hall–Kier alpha value is -2.75. The molecule has 0 atom stereocenters. The van der Waals surface area contributed by atoms with Crippen molar-refractivity contribution in [3.8, 4) is 0 Å². The number of benzene rings is 1. The summed E-state index contributed by atoms with van der Waals surface area (Å²) in [5, 5.41) is 18.8. The molecule has 10 heteroatoms. The van der Waals surface area contributed by atoms with Crippen molar-refractivity contribution >= 4 is 23.4 Å². The lowest BCUT2D eigenvalue weighted by Gasteiger charge is -2.10. The zero-order valence-corrected chi connectivity index (χ0v) is 14.0. The lowest BCUT2D eigenvalue weighted by atomic mass is 10.1. The lowest BCUT2D eigenvalue weighted by molar-refractivity contribution is -0.385. The highest BCUT2D eigenvalue weighted by molar-refractivity contribution is 7.98. The van der Waals surface area contributed by atoms with Crippen molar-refractivity contribution in [1.82, 2.24) is 14.8 Å². The van der Waals surface area contributed by atoms with E-state index < -0.39 is 16.5 Å². The first kappa shape index (κ1) is 17.6. The van der Waals surface area contributed by atoms with Crippen LogP contribution >= 0.6 is 11.8 Å². The second-order valence-corrected chi connectivity index (χ2v) is 5.60. The fourth-order valence-electron chi connectivity index (χ4n) is 1.90. The van der Waals surface area contributed by atoms with E-state index in [1.807, 2.05) is 0 Å². The fourth-order valence-corrected chi connectivity index (χ4v) is 2.38. The number of nitrogens with zero attached hydrogens (tertiary/aromatic N) is 4. The van der Waals surface area contributed by atoms with Crippen LogP contribution in [0.3, 0.4) is 0 Å². The molecule has 0 aliphatic carbocycles. The zero-order valence-electron chi connectivity index (χ0n) is 13.2. The molecular weight excluding hydrogens is 336 g/mol. The van der Waals surface area contributed by atoms with E-state index in [4.69, 9.17) is 4.74 Å². The molecule has 0 N–H and O–H groups in total. The summed E-state index contributed by atoms with van der Waals surface area (Å²) < 4.78 is 6.26. The minimum atomic E-state index is -0.772. The molecule has 126 valence electrons. The maximum absolute atomic E-state index is 12.1. The van der Waals surface area contributed by atoms with E-state index in [2.05, 4.69) is 10.2 Å². The molecule has 0 aliphatic heterocycles. The number of hydrogen-bond acceptors (Lipinski definition) is 8. The number of esters is 1. The Balaban J connectivity index is 2.23. The van der Waals surface area contributed by atoms with Gasteiger partial charge >= 0.3 is 5.97 Å². The van der Waals surface area contributed by atoms with Crippen molar-refractivity contribution in [2.24, 2.45) is 0 Å². The van der Waals surface area contributed by atoms with Gasteiger partial charge in [0.15, 0.2) is 11.9 Å². The van der Waals surface area contributed by atoms with Gasteiger partial charge in [-0.2, -0.15) is 0 Å². The summed E-state index contributed by atoms with van der Waals surface area (Å²) in [7, 11) is 0. The molecule has 1 heterocycles. The Morgan fingerprint density at radius 3 is 2.71 bits per heavy atom. The van der Waals surface area contributed by atoms with Crippen LogP contribution in [0, 0.1) is 24.0 Å². The number of carbonyl (C=O) groups excluding carboxylic acids is 1. The van der Waals surface area contributed by atoms with Crippen molar-refractivity contribution in [2.45, 2.75) is 25.7 Å². The van der Waals surface area contributed by atoms with E-state index in [9.17, 15) is 19.7 Å². The molecule has 2 aromatic rings. The molecule has 0 spiro atoms. The normalized spacial score (nSPS) is 10.5. The van der Waals surface area contributed by atoms with Gasteiger partial charge in [-0.25, -0.2) is 9.36 Å². The average molecular weight is 350 g/mol. The number of hydrogen-bond donors (Lipinski definition) is 0. The lowest BCUT2D eigenvalue weighted by Crippen LogP contribution is -2.28. The summed E-state index contributed by atoms with van der Waals surface area (Å²) in [4.78, 5) is 34.5. The van der Waals surface area contributed by atoms with Crippen molar-refractivity contribution < 1.29 is 14.5 Å². The largest absolute Gasteiger partial charge is 0.440 e. The topological polar surface area (TPSA) is 117 Å². The molecule has 0 radical (unpaired) electrons. The Bertz CT molecular complexity index is 865. The zero-order chi connectivity index (χ0) is 17.9. The molecule has 0 saturated heterocycles. The van der Waals surface area contributed by atoms with E-state index in [1.165, 1.54) is 35.4 Å². The number of aromatic nitrogens is 3. The van der Waals surface area contributed by atoms with Gasteiger partial charge in [-0.15, -0.1) is 10.2 Å². The van der Waals surface area contributed by atoms with Crippen LogP contribution in [-0.4, -0.2) is 31.9 Å². The van der Waals surface area contributed by atoms with E-state index >= 15 is 0 Å². The summed E-state index contributed by atoms with van der Waals surface area (Å²) in [6.07, 6.45) is 1.71. The smallest absolute Gasteiger partial charge is 0.340 e. The average Bonchev–Trinajstić information content (AvgIpc) is 2.56. The van der Waals surface area contributed by atoms with Crippen molar-refractivity contribution in [3.63, 3.8) is 0 Å². The van der Waals surface area contributed by atoms with Gasteiger partial charge in [0.2, 0.25) is 0 Å². The Labute approximate surface area is 140 Å². The summed E-state index contributed by atoms with van der Waals surface area (Å²) in [5.41, 5.74) is 0.0517. The van der Waals surface area contributed by atoms with Gasteiger partial charge in [0, 0.05) is 11.6 Å². The van der Waals surface area contributed by atoms with E-state index in [-0.39, 0.29) is 23.7 Å². The molecule has 0 saturated carbocycles. The highest BCUT2D eigenvalue weighted by Crippen LogP contribution is 2.20. The standard InChI is InChI=1S/C14H14N4O5S/c1-8-4-5-10(6-11(8)18(21)22)13(20)23-7-17-12(19)9(2)15-16-14(17)24-3/h4-6H,7H2,1-3H3. The molecule has 0 unspecified atom stereocenters. The van der Waals surface area contributed by atoms with Crippen molar-refractivity contribution in [2.75, 3.05) is 6.26 Å². The van der Waals surface area contributed by atoms with Crippen LogP contribution in [0.25, 0.3) is 0 Å². The predicted octanol–water partition coefficient (Wildman–Crippen LogP) is 1.70. The molecule has 2 rings (SSSR count). The maximum atomic E-state index is 12.1. The van der Waals surface area contributed by atoms with Gasteiger partial charge in [-0.3, -0.25) is 14.9 Å². The second-order valence-electron chi connectivity index (χ2n) is 4.82. The van der Waals surface area contributed by atoms with Crippen LogP contribution in [0.15, 0.2) is 28.2 Å². The van der Waals surface area contributed by atoms with Crippen LogP contribution in [0.2, 0.25) is 0 Å². The molecule has 0 bridgehead atoms. The molecule has 1 aromatic heterocycles. The van der Waals surface area contributed by atoms with Gasteiger partial charge in [-0.1, -0.05) is 17.8 Å². The fraction of sp³-hybridized carbons (Fsp3) is 0.286. The number of carbonyl (C=O) groups is 1. The van der Waals surface area contributed by atoms with E-state index in [1.54, 1.807) is 13.2 Å². The van der Waals surface area contributed by atoms with Crippen LogP contribution in [0.5, 0.6) is 0 Å². The first-order valence-corrected chi connectivity index (χ1v) is 7.98. The van der Waals surface area contributed by atoms with Gasteiger partial charge < -0.3 is 4.74 Å². The third-order valence-corrected chi connectivity index (χ3v) is 3.89. The van der Waals surface area contributed by atoms with Crippen molar-refractivity contribution in [3.05, 3.63) is 55.5 Å². The monoisotopic (exact) mass is 350 g/mol. The highest BCUT2D eigenvalue weighted by Gasteiger charge is 2.17. The quantitative estimate of drug-likeness (QED) is 0.346. The number of nitro groups is 1. The minimum absolute atomic E-state index is 0.0322. The van der Waals surface area contributed by atoms with Crippen LogP contribution in [0.4, 0.5) is 5.69 Å². The Morgan fingerprint density at radius 1 is 1.38 bits per heavy atom. The van der Waals surface area contributed by atoms with Gasteiger partial charge in [0.05, 0.1) is 10.5 Å². The summed E-state index contributed by atoms with van der Waals surface area (Å²) >= 11 is 1.18. The Kier molecular flexibility index (Phi) is 5.29. The number of nitro benzene ring substituents is 1. The second kappa shape index (κ2) is 7.21. The molecule has 24 heavy (non-hydrogen) atoms. The van der Waals surface area contributed by atoms with Gasteiger partial charge in [0.25, 0.3) is 11.2 Å². The molecule has 0 aliphatic rings. The number of aryl methyl sites for hydroxylation is 2. The first-order valence-electron chi connectivity index (χ1n) is 6.75. The maximum Gasteiger partial charge on any atom is 0.340 e. The summed E-state index contributed by atoms with van der Waals surface area (Å²) in [6, 6.07) is 4.04. The molecule has 9 nitrogen and oxygen atoms in total. The van der Waals surface area contributed by atoms with Crippen LogP contribution < -0.4 is 5.56 Å². The summed E-state index contributed by atoms with van der Waals surface area (Å²) in [6.45, 7) is 2.72. The molecule has 0 amide bonds. The van der Waals surface area contributed by atoms with Crippen LogP contribution in [0.1, 0.15) is 21.6 Å². The number of rotatable bonds is 5. The van der Waals surface area contributed by atoms with Gasteiger partial charge in [-0.05, 0) is 26.2 Å². The third kappa shape index (κ3) is 3.59. The SMILES string of the molecule is CSc1nnc(C)c(=O)n1COC(=O)c1ccc(C)c([N+](=O)[O-])c1. The molecule has 0 fully saturated rings.